The van der Waals surface area contributed by atoms with E-state index in [4.69, 9.17) is 5.73 Å². The van der Waals surface area contributed by atoms with Gasteiger partial charge in [0.2, 0.25) is 10.0 Å². The largest absolute Gasteiger partial charge is 0.397 e. The SMILES string of the molecule is CNS(=O)(=O)CCNc1cc(C)c(N)cn1. The zero-order chi connectivity index (χ0) is 12.2. The Kier molecular flexibility index (Phi) is 4.08. The first kappa shape index (κ1) is 12.7. The number of pyridine rings is 1. The highest BCUT2D eigenvalue weighted by Crippen LogP contribution is 2.12. The number of nitrogens with two attached hydrogens (primary N) is 1. The molecule has 0 spiro atoms. The van der Waals surface area contributed by atoms with Crippen molar-refractivity contribution >= 4 is 21.5 Å². The number of aryl methyl sites for hydroxylation is 1. The van der Waals surface area contributed by atoms with E-state index >= 15 is 0 Å². The molecule has 0 bridgehead atoms. The number of hydrogen-bond donors (Lipinski definition) is 3. The Morgan fingerprint density at radius 2 is 2.19 bits per heavy atom. The molecule has 0 fully saturated rings. The molecule has 90 valence electrons. The van der Waals surface area contributed by atoms with Crippen molar-refractivity contribution in [2.45, 2.75) is 6.92 Å². The molecule has 4 N–H and O–H groups in total. The van der Waals surface area contributed by atoms with Crippen molar-refractivity contribution < 1.29 is 8.42 Å². The summed E-state index contributed by atoms with van der Waals surface area (Å²) >= 11 is 0. The average Bonchev–Trinajstić information content (AvgIpc) is 2.23. The highest BCUT2D eigenvalue weighted by molar-refractivity contribution is 7.89. The lowest BCUT2D eigenvalue weighted by Gasteiger charge is -2.07. The molecule has 0 unspecified atom stereocenters. The van der Waals surface area contributed by atoms with Crippen molar-refractivity contribution in [2.24, 2.45) is 0 Å². The van der Waals surface area contributed by atoms with Gasteiger partial charge >= 0.3 is 0 Å². The van der Waals surface area contributed by atoms with Crippen LogP contribution in [-0.4, -0.2) is 32.7 Å². The molecule has 0 saturated heterocycles. The van der Waals surface area contributed by atoms with Crippen LogP contribution < -0.4 is 15.8 Å². The molecule has 0 aliphatic carbocycles. The maximum Gasteiger partial charge on any atom is 0.213 e. The van der Waals surface area contributed by atoms with Gasteiger partial charge in [-0.3, -0.25) is 0 Å². The molecule has 7 heteroatoms. The van der Waals surface area contributed by atoms with Crippen molar-refractivity contribution in [3.63, 3.8) is 0 Å². The lowest BCUT2D eigenvalue weighted by Crippen LogP contribution is -2.26. The Bertz CT molecular complexity index is 459. The van der Waals surface area contributed by atoms with E-state index in [0.717, 1.165) is 5.56 Å². The number of rotatable bonds is 5. The van der Waals surface area contributed by atoms with Crippen LogP contribution in [0.25, 0.3) is 0 Å². The van der Waals surface area contributed by atoms with Gasteiger partial charge in [-0.1, -0.05) is 0 Å². The number of aromatic nitrogens is 1. The third kappa shape index (κ3) is 3.67. The molecule has 0 radical (unpaired) electrons. The second kappa shape index (κ2) is 5.13. The van der Waals surface area contributed by atoms with Gasteiger partial charge in [0.1, 0.15) is 5.82 Å². The lowest BCUT2D eigenvalue weighted by molar-refractivity contribution is 0.588. The third-order valence-corrected chi connectivity index (χ3v) is 3.50. The molecule has 1 rings (SSSR count). The van der Waals surface area contributed by atoms with Crippen LogP contribution in [0.5, 0.6) is 0 Å². The minimum atomic E-state index is -3.17. The topological polar surface area (TPSA) is 97.1 Å². The fourth-order valence-electron chi connectivity index (χ4n) is 1.08. The first-order valence-electron chi connectivity index (χ1n) is 4.82. The predicted octanol–water partition coefficient (Wildman–Crippen LogP) is -0.0667. The number of nitrogens with zero attached hydrogens (tertiary/aromatic N) is 1. The summed E-state index contributed by atoms with van der Waals surface area (Å²) in [7, 11) is -1.78. The number of sulfonamides is 1. The fraction of sp³-hybridized carbons (Fsp3) is 0.444. The van der Waals surface area contributed by atoms with Gasteiger partial charge in [-0.05, 0) is 25.6 Å². The smallest absolute Gasteiger partial charge is 0.213 e. The van der Waals surface area contributed by atoms with Crippen LogP contribution in [0.15, 0.2) is 12.3 Å². The van der Waals surface area contributed by atoms with E-state index in [9.17, 15) is 8.42 Å². The van der Waals surface area contributed by atoms with Gasteiger partial charge in [-0.2, -0.15) is 0 Å². The normalized spacial score (nSPS) is 11.4. The van der Waals surface area contributed by atoms with Gasteiger partial charge in [0.25, 0.3) is 0 Å². The van der Waals surface area contributed by atoms with Crippen molar-refractivity contribution in [3.05, 3.63) is 17.8 Å². The number of nitrogen functional groups attached to an aromatic ring is 1. The van der Waals surface area contributed by atoms with E-state index in [-0.39, 0.29) is 5.75 Å². The van der Waals surface area contributed by atoms with E-state index in [1.165, 1.54) is 7.05 Å². The second-order valence-corrected chi connectivity index (χ2v) is 5.42. The molecule has 0 saturated carbocycles. The Balaban J connectivity index is 2.53. The van der Waals surface area contributed by atoms with Crippen LogP contribution in [0.4, 0.5) is 11.5 Å². The summed E-state index contributed by atoms with van der Waals surface area (Å²) in [5.74, 6) is 0.632. The lowest BCUT2D eigenvalue weighted by atomic mass is 10.2. The van der Waals surface area contributed by atoms with Gasteiger partial charge < -0.3 is 11.1 Å². The average molecular weight is 244 g/mol. The van der Waals surface area contributed by atoms with Crippen LogP contribution in [0, 0.1) is 6.92 Å². The number of nitrogens with one attached hydrogen (secondary N) is 2. The molecule has 6 nitrogen and oxygen atoms in total. The molecule has 0 aliphatic rings. The standard InChI is InChI=1S/C9H16N4O2S/c1-7-5-9(13-6-8(7)10)12-3-4-16(14,15)11-2/h5-6,11H,3-4,10H2,1-2H3,(H,12,13). The summed E-state index contributed by atoms with van der Waals surface area (Å²) in [4.78, 5) is 4.03. The van der Waals surface area contributed by atoms with Gasteiger partial charge in [0.15, 0.2) is 0 Å². The molecular formula is C9H16N4O2S. The maximum absolute atomic E-state index is 11.1. The molecule has 1 aromatic heterocycles. The van der Waals surface area contributed by atoms with Crippen LogP contribution in [0.2, 0.25) is 0 Å². The highest BCUT2D eigenvalue weighted by Gasteiger charge is 2.06. The molecule has 0 atom stereocenters. The third-order valence-electron chi connectivity index (χ3n) is 2.14. The quantitative estimate of drug-likeness (QED) is 0.674. The van der Waals surface area contributed by atoms with Gasteiger partial charge in [0.05, 0.1) is 17.6 Å². The van der Waals surface area contributed by atoms with Crippen molar-refractivity contribution in [1.29, 1.82) is 0 Å². The summed E-state index contributed by atoms with van der Waals surface area (Å²) in [6, 6.07) is 1.78. The number of anilines is 2. The molecule has 1 aromatic rings. The predicted molar refractivity (Wildman–Crippen MR) is 64.7 cm³/mol. The zero-order valence-corrected chi connectivity index (χ0v) is 10.1. The monoisotopic (exact) mass is 244 g/mol. The summed E-state index contributed by atoms with van der Waals surface area (Å²) in [6.07, 6.45) is 1.55. The van der Waals surface area contributed by atoms with Crippen LogP contribution in [0.1, 0.15) is 5.56 Å². The summed E-state index contributed by atoms with van der Waals surface area (Å²) in [5.41, 5.74) is 7.14. The van der Waals surface area contributed by atoms with Gasteiger partial charge in [-0.15, -0.1) is 0 Å². The Morgan fingerprint density at radius 1 is 1.50 bits per heavy atom. The Labute approximate surface area is 95.3 Å². The molecule has 0 amide bonds. The van der Waals surface area contributed by atoms with Crippen molar-refractivity contribution in [3.8, 4) is 0 Å². The van der Waals surface area contributed by atoms with Crippen LogP contribution in [-0.2, 0) is 10.0 Å². The van der Waals surface area contributed by atoms with Crippen molar-refractivity contribution in [2.75, 3.05) is 30.4 Å². The summed E-state index contributed by atoms with van der Waals surface area (Å²) in [6.45, 7) is 2.17. The van der Waals surface area contributed by atoms with E-state index in [2.05, 4.69) is 15.0 Å². The molecular weight excluding hydrogens is 228 g/mol. The summed E-state index contributed by atoms with van der Waals surface area (Å²) in [5, 5.41) is 2.92. The van der Waals surface area contributed by atoms with Crippen LogP contribution >= 0.6 is 0 Å². The molecule has 0 aliphatic heterocycles. The molecule has 1 heterocycles. The van der Waals surface area contributed by atoms with E-state index in [1.807, 2.05) is 6.92 Å². The molecule has 16 heavy (non-hydrogen) atoms. The van der Waals surface area contributed by atoms with Gasteiger partial charge in [0, 0.05) is 6.54 Å². The summed E-state index contributed by atoms with van der Waals surface area (Å²) < 4.78 is 24.5. The van der Waals surface area contributed by atoms with E-state index in [0.29, 0.717) is 18.1 Å². The fourth-order valence-corrected chi connectivity index (χ4v) is 1.65. The highest BCUT2D eigenvalue weighted by atomic mass is 32.2. The van der Waals surface area contributed by atoms with Crippen LogP contribution in [0.3, 0.4) is 0 Å². The first-order valence-corrected chi connectivity index (χ1v) is 6.47. The first-order chi connectivity index (χ1) is 7.44. The Morgan fingerprint density at radius 3 is 2.75 bits per heavy atom. The minimum absolute atomic E-state index is 0.00854. The van der Waals surface area contributed by atoms with Gasteiger partial charge in [-0.25, -0.2) is 18.1 Å². The van der Waals surface area contributed by atoms with Crippen molar-refractivity contribution in [1.82, 2.24) is 9.71 Å². The minimum Gasteiger partial charge on any atom is -0.397 e. The zero-order valence-electron chi connectivity index (χ0n) is 9.32. The van der Waals surface area contributed by atoms with E-state index < -0.39 is 10.0 Å². The van der Waals surface area contributed by atoms with E-state index in [1.54, 1.807) is 12.3 Å². The molecule has 0 aromatic carbocycles. The maximum atomic E-state index is 11.1. The second-order valence-electron chi connectivity index (χ2n) is 3.38. The number of hydrogen-bond acceptors (Lipinski definition) is 5. The Hall–Kier alpha value is -1.34.